The number of urea groups is 1. The van der Waals surface area contributed by atoms with Crippen molar-refractivity contribution in [3.63, 3.8) is 0 Å². The van der Waals surface area contributed by atoms with E-state index in [1.54, 1.807) is 53.6 Å². The van der Waals surface area contributed by atoms with Crippen LogP contribution in [0.2, 0.25) is 0 Å². The molecule has 62 heavy (non-hydrogen) atoms. The number of nitrogen functional groups attached to an aromatic ring is 1. The second-order valence-corrected chi connectivity index (χ2v) is 16.9. The Bertz CT molecular complexity index is 2480. The summed E-state index contributed by atoms with van der Waals surface area (Å²) in [5, 5.41) is 22.0. The number of para-hydroxylation sites is 1. The molecule has 4 N–H and O–H groups in total. The van der Waals surface area contributed by atoms with E-state index in [-0.39, 0.29) is 55.2 Å². The first-order valence-electron chi connectivity index (χ1n) is 21.2. The van der Waals surface area contributed by atoms with E-state index in [2.05, 4.69) is 31.2 Å². The van der Waals surface area contributed by atoms with Crippen LogP contribution in [0.1, 0.15) is 65.7 Å². The van der Waals surface area contributed by atoms with Gasteiger partial charge in [-0.3, -0.25) is 19.8 Å². The molecule has 0 unspecified atom stereocenters. The predicted molar refractivity (Wildman–Crippen MR) is 229 cm³/mol. The van der Waals surface area contributed by atoms with Crippen LogP contribution < -0.4 is 20.9 Å². The number of halogens is 2. The molecule has 4 saturated heterocycles. The topological polar surface area (TPSA) is 175 Å². The number of imide groups is 1. The number of likely N-dealkylation sites (tertiary alicyclic amines) is 2. The van der Waals surface area contributed by atoms with Crippen LogP contribution in [0.3, 0.4) is 0 Å². The standard InChI is InChI=1S/C45H50F2N10O5/c1-28-24-57(42-35(28)20-32(23-49-42)56-17-12-40(59)50-44(56)61)31-10-15-53(16-11-31)27-45(47)13-18-54(19-14-45)43(60)30-8-6-29(7-9-30)39-26-55(25-33(22-46)62-39)37-21-36(51-52-41(37)48)34-4-2-3-5-38(34)58/h2-9,20-21,23-24,31,33,39,58H,10-19,22,25-27H2,1H3,(H2,48,52)(H,50,59,61)/t33-,39-/m0/s1. The van der Waals surface area contributed by atoms with Crippen LogP contribution in [0.4, 0.5) is 30.8 Å². The Morgan fingerprint density at radius 1 is 1.00 bits per heavy atom. The van der Waals surface area contributed by atoms with Crippen LogP contribution in [-0.4, -0.2) is 123 Å². The number of aromatic nitrogens is 4. The van der Waals surface area contributed by atoms with Gasteiger partial charge in [-0.15, -0.1) is 10.2 Å². The summed E-state index contributed by atoms with van der Waals surface area (Å²) in [4.78, 5) is 49.8. The molecule has 2 atom stereocenters. The van der Waals surface area contributed by atoms with Crippen LogP contribution in [0, 0.1) is 6.92 Å². The third-order valence-corrected chi connectivity index (χ3v) is 12.8. The van der Waals surface area contributed by atoms with Crippen molar-refractivity contribution in [2.45, 2.75) is 62.9 Å². The number of rotatable bonds is 9. The number of phenols is 1. The minimum Gasteiger partial charge on any atom is -0.507 e. The number of aryl methyl sites for hydroxylation is 1. The van der Waals surface area contributed by atoms with Crippen molar-refractivity contribution in [3.05, 3.63) is 89.7 Å². The number of benzene rings is 2. The number of pyridine rings is 1. The number of phenolic OH excluding ortho intramolecular Hbond substituents is 1. The first kappa shape index (κ1) is 41.2. The highest BCUT2D eigenvalue weighted by Gasteiger charge is 2.39. The van der Waals surface area contributed by atoms with Gasteiger partial charge in [0.15, 0.2) is 5.82 Å². The summed E-state index contributed by atoms with van der Waals surface area (Å²) >= 11 is 0. The van der Waals surface area contributed by atoms with Gasteiger partial charge in [0.1, 0.15) is 35.9 Å². The Kier molecular flexibility index (Phi) is 11.2. The lowest BCUT2D eigenvalue weighted by Gasteiger charge is -2.41. The Morgan fingerprint density at radius 2 is 1.76 bits per heavy atom. The Morgan fingerprint density at radius 3 is 2.48 bits per heavy atom. The number of alkyl halides is 2. The number of carbonyl (C=O) groups is 3. The predicted octanol–water partition coefficient (Wildman–Crippen LogP) is 5.73. The number of carbonyl (C=O) groups excluding carboxylic acids is 3. The van der Waals surface area contributed by atoms with E-state index in [1.807, 2.05) is 30.0 Å². The minimum absolute atomic E-state index is 0.0526. The van der Waals surface area contributed by atoms with E-state index < -0.39 is 30.6 Å². The molecule has 17 heteroatoms. The molecule has 4 amide bonds. The van der Waals surface area contributed by atoms with Crippen molar-refractivity contribution < 1.29 is 33.0 Å². The quantitative estimate of drug-likeness (QED) is 0.165. The fraction of sp³-hybridized carbons (Fsp3) is 0.422. The van der Waals surface area contributed by atoms with E-state index in [1.165, 1.54) is 4.90 Å². The molecule has 0 saturated carbocycles. The van der Waals surface area contributed by atoms with Crippen molar-refractivity contribution >= 4 is 46.1 Å². The van der Waals surface area contributed by atoms with Gasteiger partial charge in [-0.2, -0.15) is 0 Å². The molecule has 4 aliphatic rings. The zero-order chi connectivity index (χ0) is 43.1. The second kappa shape index (κ2) is 16.9. The number of anilines is 3. The van der Waals surface area contributed by atoms with Crippen LogP contribution in [0.15, 0.2) is 73.1 Å². The minimum atomic E-state index is -1.40. The first-order valence-corrected chi connectivity index (χ1v) is 21.2. The second-order valence-electron chi connectivity index (χ2n) is 16.9. The summed E-state index contributed by atoms with van der Waals surface area (Å²) in [5.41, 5.74) is 10.1. The van der Waals surface area contributed by atoms with E-state index >= 15 is 4.39 Å². The van der Waals surface area contributed by atoms with Gasteiger partial charge in [0, 0.05) is 100 Å². The van der Waals surface area contributed by atoms with Gasteiger partial charge in [-0.1, -0.05) is 24.3 Å². The number of hydrogen-bond donors (Lipinski definition) is 3. The zero-order valence-electron chi connectivity index (χ0n) is 34.6. The van der Waals surface area contributed by atoms with Gasteiger partial charge in [-0.25, -0.2) is 18.6 Å². The largest absolute Gasteiger partial charge is 0.507 e. The fourth-order valence-electron chi connectivity index (χ4n) is 9.34. The zero-order valence-corrected chi connectivity index (χ0v) is 34.6. The molecule has 5 aromatic rings. The van der Waals surface area contributed by atoms with Crippen LogP contribution in [0.25, 0.3) is 22.3 Å². The number of piperidine rings is 2. The third kappa shape index (κ3) is 8.25. The van der Waals surface area contributed by atoms with Crippen molar-refractivity contribution in [3.8, 4) is 17.0 Å². The van der Waals surface area contributed by atoms with Gasteiger partial charge in [0.25, 0.3) is 5.91 Å². The molecular formula is C45H50F2N10O5. The van der Waals surface area contributed by atoms with E-state index in [9.17, 15) is 23.9 Å². The highest BCUT2D eigenvalue weighted by molar-refractivity contribution is 6.06. The van der Waals surface area contributed by atoms with Crippen LogP contribution in [0.5, 0.6) is 5.75 Å². The van der Waals surface area contributed by atoms with Crippen molar-refractivity contribution in [2.75, 3.05) is 74.6 Å². The molecule has 324 valence electrons. The number of ether oxygens (including phenoxy) is 1. The lowest BCUT2D eigenvalue weighted by atomic mass is 9.91. The average Bonchev–Trinajstić information content (AvgIpc) is 3.62. The maximum absolute atomic E-state index is 16.4. The molecule has 0 aliphatic carbocycles. The normalized spacial score (nSPS) is 21.4. The van der Waals surface area contributed by atoms with Crippen molar-refractivity contribution in [1.82, 2.24) is 34.9 Å². The fourth-order valence-corrected chi connectivity index (χ4v) is 9.34. The number of aromatic hydroxyl groups is 1. The number of fused-ring (bicyclic) bond motifs is 1. The van der Waals surface area contributed by atoms with Crippen molar-refractivity contribution in [1.29, 1.82) is 0 Å². The molecule has 2 aromatic carbocycles. The van der Waals surface area contributed by atoms with Crippen LogP contribution >= 0.6 is 0 Å². The van der Waals surface area contributed by atoms with E-state index in [0.717, 1.165) is 48.1 Å². The number of nitrogens with two attached hydrogens (primary N) is 1. The summed E-state index contributed by atoms with van der Waals surface area (Å²) < 4.78 is 38.9. The summed E-state index contributed by atoms with van der Waals surface area (Å²) in [5.74, 6) is -0.217. The number of nitrogens with one attached hydrogen (secondary N) is 1. The molecule has 0 bridgehead atoms. The molecule has 9 rings (SSSR count). The molecule has 4 fully saturated rings. The summed E-state index contributed by atoms with van der Waals surface area (Å²) in [7, 11) is 0. The van der Waals surface area contributed by atoms with Gasteiger partial charge in [0.05, 0.1) is 23.3 Å². The van der Waals surface area contributed by atoms with Gasteiger partial charge in [0.2, 0.25) is 5.91 Å². The van der Waals surface area contributed by atoms with E-state index in [4.69, 9.17) is 15.5 Å². The number of hydrogen-bond acceptors (Lipinski definition) is 11. The summed E-state index contributed by atoms with van der Waals surface area (Å²) in [6.45, 7) is 4.64. The van der Waals surface area contributed by atoms with Gasteiger partial charge >= 0.3 is 6.03 Å². The number of nitrogens with zero attached hydrogens (tertiary/aromatic N) is 8. The number of morpholine rings is 1. The summed E-state index contributed by atoms with van der Waals surface area (Å²) in [6, 6.07) is 17.4. The highest BCUT2D eigenvalue weighted by Crippen LogP contribution is 2.37. The molecule has 3 aromatic heterocycles. The third-order valence-electron chi connectivity index (χ3n) is 12.8. The molecular weight excluding hydrogens is 799 g/mol. The van der Waals surface area contributed by atoms with Gasteiger partial charge in [-0.05, 0) is 67.3 Å². The molecule has 0 spiro atoms. The maximum atomic E-state index is 16.4. The SMILES string of the molecule is Cc1cn(C2CCN(CC3(F)CCN(C(=O)c4ccc([C@@H]5CN(c6cc(-c7ccccc7O)nnc6N)C[C@H](CF)O5)cc4)CC3)CC2)c2ncc(N3CCC(=O)NC3=O)cc12. The Balaban J connectivity index is 0.783. The lowest BCUT2D eigenvalue weighted by molar-refractivity contribution is -0.120. The highest BCUT2D eigenvalue weighted by atomic mass is 19.1. The first-order chi connectivity index (χ1) is 29.9. The summed E-state index contributed by atoms with van der Waals surface area (Å²) in [6.07, 6.45) is 4.96. The molecule has 0 radical (unpaired) electrons. The maximum Gasteiger partial charge on any atom is 0.328 e. The molecule has 15 nitrogen and oxygen atoms in total. The lowest BCUT2D eigenvalue weighted by Crippen LogP contribution is -2.51. The Labute approximate surface area is 357 Å². The molecule has 7 heterocycles. The van der Waals surface area contributed by atoms with Crippen molar-refractivity contribution in [2.24, 2.45) is 0 Å². The number of amides is 4. The average molecular weight is 849 g/mol. The van der Waals surface area contributed by atoms with Gasteiger partial charge < -0.3 is 34.8 Å². The van der Waals surface area contributed by atoms with E-state index in [0.29, 0.717) is 60.9 Å². The smallest absolute Gasteiger partial charge is 0.328 e. The monoisotopic (exact) mass is 848 g/mol. The Hall–Kier alpha value is -6.20. The van der Waals surface area contributed by atoms with Crippen LogP contribution in [-0.2, 0) is 9.53 Å². The molecule has 4 aliphatic heterocycles.